The first kappa shape index (κ1) is 23.4. The molecule has 0 unspecified atom stereocenters. The van der Waals surface area contributed by atoms with Crippen LogP contribution in [0.2, 0.25) is 5.02 Å². The third kappa shape index (κ3) is 6.86. The van der Waals surface area contributed by atoms with E-state index >= 15 is 0 Å². The molecule has 1 atom stereocenters. The van der Waals surface area contributed by atoms with Crippen molar-refractivity contribution < 1.29 is 24.5 Å². The maximum atomic E-state index is 11.8. The van der Waals surface area contributed by atoms with Crippen molar-refractivity contribution in [2.45, 2.75) is 50.7 Å². The van der Waals surface area contributed by atoms with Gasteiger partial charge in [-0.15, -0.1) is 0 Å². The van der Waals surface area contributed by atoms with Crippen molar-refractivity contribution in [3.63, 3.8) is 0 Å². The van der Waals surface area contributed by atoms with Gasteiger partial charge in [0.05, 0.1) is 17.2 Å². The predicted octanol–water partition coefficient (Wildman–Crippen LogP) is 4.28. The maximum Gasteiger partial charge on any atom is 0.338 e. The molecule has 31 heavy (non-hydrogen) atoms. The Labute approximate surface area is 188 Å². The third-order valence-corrected chi connectivity index (χ3v) is 5.93. The lowest BCUT2D eigenvalue weighted by Crippen LogP contribution is -2.39. The van der Waals surface area contributed by atoms with Gasteiger partial charge in [0.25, 0.3) is 0 Å². The van der Waals surface area contributed by atoms with E-state index in [1.165, 1.54) is 17.7 Å². The summed E-state index contributed by atoms with van der Waals surface area (Å²) in [4.78, 5) is 11.8. The van der Waals surface area contributed by atoms with Crippen molar-refractivity contribution in [3.05, 3.63) is 58.6 Å². The Morgan fingerprint density at radius 3 is 2.52 bits per heavy atom. The van der Waals surface area contributed by atoms with Crippen molar-refractivity contribution in [2.24, 2.45) is 0 Å². The second kappa shape index (κ2) is 11.4. The van der Waals surface area contributed by atoms with Gasteiger partial charge in [-0.05, 0) is 68.4 Å². The molecule has 0 aromatic heterocycles. The van der Waals surface area contributed by atoms with Crippen molar-refractivity contribution >= 4 is 17.6 Å². The first-order valence-corrected chi connectivity index (χ1v) is 11.1. The average molecular weight is 448 g/mol. The quantitative estimate of drug-likeness (QED) is 0.497. The van der Waals surface area contributed by atoms with E-state index in [1.54, 1.807) is 13.0 Å². The molecule has 0 bridgehead atoms. The zero-order valence-electron chi connectivity index (χ0n) is 17.7. The van der Waals surface area contributed by atoms with Gasteiger partial charge in [-0.1, -0.05) is 23.7 Å². The van der Waals surface area contributed by atoms with Crippen molar-refractivity contribution in [2.75, 3.05) is 19.8 Å². The van der Waals surface area contributed by atoms with Crippen molar-refractivity contribution in [1.82, 2.24) is 5.32 Å². The van der Waals surface area contributed by atoms with E-state index in [-0.39, 0.29) is 23.3 Å². The lowest BCUT2D eigenvalue weighted by atomic mass is 9.81. The van der Waals surface area contributed by atoms with Gasteiger partial charge in [-0.3, -0.25) is 0 Å². The van der Waals surface area contributed by atoms with Gasteiger partial charge in [0.1, 0.15) is 24.2 Å². The van der Waals surface area contributed by atoms with E-state index < -0.39 is 6.10 Å². The van der Waals surface area contributed by atoms with E-state index in [2.05, 4.69) is 5.32 Å². The summed E-state index contributed by atoms with van der Waals surface area (Å²) in [6.07, 6.45) is 3.56. The minimum atomic E-state index is -0.638. The summed E-state index contributed by atoms with van der Waals surface area (Å²) in [6, 6.07) is 12.7. The minimum absolute atomic E-state index is 0.00164. The highest BCUT2D eigenvalue weighted by atomic mass is 35.5. The number of halogens is 1. The maximum absolute atomic E-state index is 11.8. The Morgan fingerprint density at radius 1 is 1.16 bits per heavy atom. The Balaban J connectivity index is 1.37. The molecule has 168 valence electrons. The Morgan fingerprint density at radius 2 is 1.87 bits per heavy atom. The first-order valence-electron chi connectivity index (χ1n) is 10.8. The van der Waals surface area contributed by atoms with E-state index in [0.29, 0.717) is 36.4 Å². The Kier molecular flexibility index (Phi) is 8.58. The molecule has 2 aromatic rings. The molecule has 0 amide bonds. The highest BCUT2D eigenvalue weighted by Gasteiger charge is 2.23. The lowest BCUT2D eigenvalue weighted by Gasteiger charge is -2.30. The molecule has 7 heteroatoms. The lowest BCUT2D eigenvalue weighted by molar-refractivity contribution is 0.0526. The molecule has 1 fully saturated rings. The molecule has 3 rings (SSSR count). The van der Waals surface area contributed by atoms with Crippen molar-refractivity contribution in [3.8, 4) is 11.5 Å². The van der Waals surface area contributed by atoms with Crippen LogP contribution in [0.25, 0.3) is 0 Å². The Bertz CT molecular complexity index is 850. The normalized spacial score (nSPS) is 19.6. The van der Waals surface area contributed by atoms with Gasteiger partial charge in [-0.25, -0.2) is 4.79 Å². The van der Waals surface area contributed by atoms with Gasteiger partial charge in [-0.2, -0.15) is 0 Å². The third-order valence-electron chi connectivity index (χ3n) is 5.62. The molecule has 1 aliphatic carbocycles. The number of ether oxygens (including phenoxy) is 2. The number of aliphatic hydroxyl groups is 1. The number of phenols is 1. The number of phenolic OH excluding ortho intramolecular Hbond substituents is 1. The second-order valence-electron chi connectivity index (χ2n) is 7.88. The highest BCUT2D eigenvalue weighted by molar-refractivity contribution is 6.32. The number of benzene rings is 2. The Hall–Kier alpha value is -2.28. The fourth-order valence-corrected chi connectivity index (χ4v) is 4.04. The van der Waals surface area contributed by atoms with Crippen LogP contribution in [0.3, 0.4) is 0 Å². The van der Waals surface area contributed by atoms with Crippen LogP contribution in [0.15, 0.2) is 42.5 Å². The van der Waals surface area contributed by atoms with Gasteiger partial charge in [0, 0.05) is 18.7 Å². The summed E-state index contributed by atoms with van der Waals surface area (Å²) in [6.45, 7) is 2.78. The van der Waals surface area contributed by atoms with Gasteiger partial charge in [0.15, 0.2) is 0 Å². The molecule has 3 N–H and O–H groups in total. The van der Waals surface area contributed by atoms with Crippen LogP contribution in [0.5, 0.6) is 11.5 Å². The SMILES string of the molecule is CCOC(=O)c1ccc(C2CCC(NC[C@H](O)COc3ccc(O)c(Cl)c3)CC2)cc1. The zero-order valence-corrected chi connectivity index (χ0v) is 18.5. The molecular formula is C24H30ClNO5. The van der Waals surface area contributed by atoms with E-state index in [4.69, 9.17) is 21.1 Å². The summed E-state index contributed by atoms with van der Waals surface area (Å²) in [5.41, 5.74) is 1.85. The van der Waals surface area contributed by atoms with Crippen LogP contribution in [-0.4, -0.2) is 48.1 Å². The van der Waals surface area contributed by atoms with Crippen molar-refractivity contribution in [1.29, 1.82) is 0 Å². The highest BCUT2D eigenvalue weighted by Crippen LogP contribution is 2.33. The zero-order chi connectivity index (χ0) is 22.2. The van der Waals surface area contributed by atoms with E-state index in [0.717, 1.165) is 25.7 Å². The molecular weight excluding hydrogens is 418 g/mol. The summed E-state index contributed by atoms with van der Waals surface area (Å²) < 4.78 is 10.6. The fourth-order valence-electron chi connectivity index (χ4n) is 3.87. The standard InChI is InChI=1S/C24H30ClNO5/c1-2-30-24(29)18-5-3-16(4-6-18)17-7-9-19(10-8-17)26-14-20(27)15-31-21-11-12-23(28)22(25)13-21/h3-6,11-13,17,19-20,26-28H,2,7-10,14-15H2,1H3/t17?,19?,20-/m0/s1. The van der Waals surface area contributed by atoms with Crippen LogP contribution in [0, 0.1) is 0 Å². The van der Waals surface area contributed by atoms with Crippen LogP contribution in [-0.2, 0) is 4.74 Å². The van der Waals surface area contributed by atoms with Crippen LogP contribution >= 0.6 is 11.6 Å². The van der Waals surface area contributed by atoms with Crippen LogP contribution in [0.1, 0.15) is 54.4 Å². The molecule has 0 aliphatic heterocycles. The topological polar surface area (TPSA) is 88.0 Å². The molecule has 1 aliphatic rings. The molecule has 1 saturated carbocycles. The van der Waals surface area contributed by atoms with E-state index in [1.807, 2.05) is 24.3 Å². The van der Waals surface area contributed by atoms with Crippen LogP contribution < -0.4 is 10.1 Å². The number of hydrogen-bond donors (Lipinski definition) is 3. The smallest absolute Gasteiger partial charge is 0.338 e. The summed E-state index contributed by atoms with van der Waals surface area (Å²) in [5.74, 6) is 0.720. The molecule has 0 heterocycles. The number of carbonyl (C=O) groups is 1. The van der Waals surface area contributed by atoms with Gasteiger partial charge in [0.2, 0.25) is 0 Å². The summed E-state index contributed by atoms with van der Waals surface area (Å²) in [5, 5.41) is 23.3. The number of carbonyl (C=O) groups excluding carboxylic acids is 1. The molecule has 6 nitrogen and oxygen atoms in total. The number of hydrogen-bond acceptors (Lipinski definition) is 6. The fraction of sp³-hybridized carbons (Fsp3) is 0.458. The monoisotopic (exact) mass is 447 g/mol. The molecule has 0 spiro atoms. The predicted molar refractivity (Wildman–Crippen MR) is 120 cm³/mol. The number of rotatable bonds is 9. The molecule has 0 saturated heterocycles. The molecule has 0 radical (unpaired) electrons. The summed E-state index contributed by atoms with van der Waals surface area (Å²) in [7, 11) is 0. The number of aliphatic hydroxyl groups excluding tert-OH is 1. The summed E-state index contributed by atoms with van der Waals surface area (Å²) >= 11 is 5.86. The minimum Gasteiger partial charge on any atom is -0.506 e. The second-order valence-corrected chi connectivity index (χ2v) is 8.28. The largest absolute Gasteiger partial charge is 0.506 e. The van der Waals surface area contributed by atoms with Gasteiger partial charge < -0.3 is 25.0 Å². The van der Waals surface area contributed by atoms with E-state index in [9.17, 15) is 15.0 Å². The first-order chi connectivity index (χ1) is 15.0. The number of nitrogens with one attached hydrogen (secondary N) is 1. The number of esters is 1. The van der Waals surface area contributed by atoms with Crippen LogP contribution in [0.4, 0.5) is 0 Å². The average Bonchev–Trinajstić information content (AvgIpc) is 2.79. The van der Waals surface area contributed by atoms with Gasteiger partial charge >= 0.3 is 5.97 Å². The number of aromatic hydroxyl groups is 1. The molecule has 2 aromatic carbocycles.